The fourth-order valence-electron chi connectivity index (χ4n) is 3.14. The topological polar surface area (TPSA) is 78.6 Å². The first-order valence-electron chi connectivity index (χ1n) is 8.57. The summed E-state index contributed by atoms with van der Waals surface area (Å²) in [5, 5.41) is 0. The molecular formula is C22H21NO4. The molecule has 3 rings (SSSR count). The SMILES string of the molecule is COC(=O)c1ccc(C2=CCC(c3ccc(C(=O)OC)cc3)C(N)=C2)cc1. The molecule has 138 valence electrons. The van der Waals surface area contributed by atoms with Gasteiger partial charge < -0.3 is 15.2 Å². The second-order valence-electron chi connectivity index (χ2n) is 6.27. The molecule has 2 N–H and O–H groups in total. The van der Waals surface area contributed by atoms with Crippen LogP contribution in [0.3, 0.4) is 0 Å². The van der Waals surface area contributed by atoms with Crippen LogP contribution in [0.25, 0.3) is 5.57 Å². The van der Waals surface area contributed by atoms with Crippen LogP contribution in [-0.2, 0) is 9.47 Å². The lowest BCUT2D eigenvalue weighted by atomic mass is 9.85. The van der Waals surface area contributed by atoms with Crippen LogP contribution in [0.15, 0.2) is 66.4 Å². The fourth-order valence-corrected chi connectivity index (χ4v) is 3.14. The second-order valence-corrected chi connectivity index (χ2v) is 6.27. The Kier molecular flexibility index (Phi) is 5.41. The molecule has 0 spiro atoms. The van der Waals surface area contributed by atoms with E-state index in [0.29, 0.717) is 11.1 Å². The highest BCUT2D eigenvalue weighted by molar-refractivity contribution is 5.90. The van der Waals surface area contributed by atoms with Gasteiger partial charge in [0.1, 0.15) is 0 Å². The molecule has 1 unspecified atom stereocenters. The van der Waals surface area contributed by atoms with Gasteiger partial charge in [-0.25, -0.2) is 9.59 Å². The first-order chi connectivity index (χ1) is 13.0. The fraction of sp³-hybridized carbons (Fsp3) is 0.182. The van der Waals surface area contributed by atoms with Crippen molar-refractivity contribution in [2.24, 2.45) is 5.73 Å². The zero-order valence-corrected chi connectivity index (χ0v) is 15.3. The maximum Gasteiger partial charge on any atom is 0.337 e. The number of methoxy groups -OCH3 is 2. The van der Waals surface area contributed by atoms with Crippen LogP contribution in [-0.4, -0.2) is 26.2 Å². The van der Waals surface area contributed by atoms with Crippen LogP contribution >= 0.6 is 0 Å². The van der Waals surface area contributed by atoms with Gasteiger partial charge in [0.2, 0.25) is 0 Å². The number of hydrogen-bond acceptors (Lipinski definition) is 5. The van der Waals surface area contributed by atoms with Gasteiger partial charge in [-0.05, 0) is 53.5 Å². The van der Waals surface area contributed by atoms with Crippen LogP contribution in [0.1, 0.15) is 44.2 Å². The van der Waals surface area contributed by atoms with Crippen LogP contribution < -0.4 is 5.73 Å². The third-order valence-electron chi connectivity index (χ3n) is 4.67. The number of esters is 2. The molecule has 5 heteroatoms. The summed E-state index contributed by atoms with van der Waals surface area (Å²) in [5.41, 5.74) is 11.2. The predicted molar refractivity (Wildman–Crippen MR) is 103 cm³/mol. The average Bonchev–Trinajstić information content (AvgIpc) is 2.72. The monoisotopic (exact) mass is 363 g/mol. The van der Waals surface area contributed by atoms with E-state index in [1.807, 2.05) is 30.3 Å². The van der Waals surface area contributed by atoms with E-state index in [4.69, 9.17) is 15.2 Å². The highest BCUT2D eigenvalue weighted by atomic mass is 16.5. The van der Waals surface area contributed by atoms with Crippen molar-refractivity contribution in [1.82, 2.24) is 0 Å². The summed E-state index contributed by atoms with van der Waals surface area (Å²) in [7, 11) is 2.73. The van der Waals surface area contributed by atoms with Crippen molar-refractivity contribution in [2.75, 3.05) is 14.2 Å². The molecule has 27 heavy (non-hydrogen) atoms. The van der Waals surface area contributed by atoms with Crippen LogP contribution in [0, 0.1) is 0 Å². The zero-order valence-electron chi connectivity index (χ0n) is 15.3. The number of nitrogens with two attached hydrogens (primary N) is 1. The van der Waals surface area contributed by atoms with Crippen LogP contribution in [0.4, 0.5) is 0 Å². The number of allylic oxidation sites excluding steroid dienone is 4. The quantitative estimate of drug-likeness (QED) is 0.839. The molecule has 1 aliphatic carbocycles. The number of hydrogen-bond donors (Lipinski definition) is 1. The highest BCUT2D eigenvalue weighted by Crippen LogP contribution is 2.34. The summed E-state index contributed by atoms with van der Waals surface area (Å²) in [6, 6.07) is 14.6. The van der Waals surface area contributed by atoms with Gasteiger partial charge in [0.05, 0.1) is 25.3 Å². The van der Waals surface area contributed by atoms with Gasteiger partial charge in [0, 0.05) is 11.6 Å². The van der Waals surface area contributed by atoms with Gasteiger partial charge in [-0.1, -0.05) is 30.3 Å². The Bertz CT molecular complexity index is 908. The maximum absolute atomic E-state index is 11.6. The van der Waals surface area contributed by atoms with Gasteiger partial charge in [-0.3, -0.25) is 0 Å². The lowest BCUT2D eigenvalue weighted by Gasteiger charge is -2.22. The summed E-state index contributed by atoms with van der Waals surface area (Å²) in [6.07, 6.45) is 4.84. The van der Waals surface area contributed by atoms with Crippen molar-refractivity contribution in [2.45, 2.75) is 12.3 Å². The van der Waals surface area contributed by atoms with E-state index in [1.54, 1.807) is 24.3 Å². The standard InChI is InChI=1S/C22H21NO4/c1-26-21(24)16-7-3-14(4-8-16)18-11-12-19(20(23)13-18)15-5-9-17(10-6-15)22(25)27-2/h3-11,13,19H,12,23H2,1-2H3. The van der Waals surface area contributed by atoms with Crippen molar-refractivity contribution in [3.05, 3.63) is 88.6 Å². The largest absolute Gasteiger partial charge is 0.465 e. The zero-order chi connectivity index (χ0) is 19.4. The maximum atomic E-state index is 11.6. The summed E-state index contributed by atoms with van der Waals surface area (Å²) in [5.74, 6) is -0.647. The van der Waals surface area contributed by atoms with Gasteiger partial charge in [0.15, 0.2) is 0 Å². The Hall–Kier alpha value is -3.34. The molecule has 0 aromatic heterocycles. The molecule has 0 heterocycles. The van der Waals surface area contributed by atoms with E-state index in [-0.39, 0.29) is 17.9 Å². The molecule has 1 atom stereocenters. The minimum absolute atomic E-state index is 0.0646. The summed E-state index contributed by atoms with van der Waals surface area (Å²) >= 11 is 0. The lowest BCUT2D eigenvalue weighted by molar-refractivity contribution is 0.0592. The number of benzene rings is 2. The molecule has 0 saturated carbocycles. The summed E-state index contributed by atoms with van der Waals surface area (Å²) in [6.45, 7) is 0. The highest BCUT2D eigenvalue weighted by Gasteiger charge is 2.19. The Labute approximate surface area is 158 Å². The Morgan fingerprint density at radius 3 is 1.89 bits per heavy atom. The van der Waals surface area contributed by atoms with Crippen molar-refractivity contribution in [3.63, 3.8) is 0 Å². The third-order valence-corrected chi connectivity index (χ3v) is 4.67. The van der Waals surface area contributed by atoms with E-state index in [1.165, 1.54) is 14.2 Å². The molecule has 2 aromatic carbocycles. The number of carbonyl (C=O) groups excluding carboxylic acids is 2. The second kappa shape index (κ2) is 7.91. The molecule has 0 amide bonds. The van der Waals surface area contributed by atoms with Crippen molar-refractivity contribution in [1.29, 1.82) is 0 Å². The van der Waals surface area contributed by atoms with E-state index < -0.39 is 0 Å². The molecule has 0 fully saturated rings. The van der Waals surface area contributed by atoms with Gasteiger partial charge in [-0.2, -0.15) is 0 Å². The number of ether oxygens (including phenoxy) is 2. The van der Waals surface area contributed by atoms with Gasteiger partial charge in [-0.15, -0.1) is 0 Å². The summed E-state index contributed by atoms with van der Waals surface area (Å²) in [4.78, 5) is 23.1. The molecule has 0 bridgehead atoms. The van der Waals surface area contributed by atoms with Gasteiger partial charge >= 0.3 is 11.9 Å². The van der Waals surface area contributed by atoms with Crippen molar-refractivity contribution in [3.8, 4) is 0 Å². The Balaban J connectivity index is 1.76. The van der Waals surface area contributed by atoms with Crippen molar-refractivity contribution >= 4 is 17.5 Å². The Morgan fingerprint density at radius 1 is 0.889 bits per heavy atom. The Morgan fingerprint density at radius 2 is 1.41 bits per heavy atom. The average molecular weight is 363 g/mol. The molecular weight excluding hydrogens is 342 g/mol. The predicted octanol–water partition coefficient (Wildman–Crippen LogP) is 3.67. The van der Waals surface area contributed by atoms with Crippen molar-refractivity contribution < 1.29 is 19.1 Å². The van der Waals surface area contributed by atoms with E-state index in [9.17, 15) is 9.59 Å². The summed E-state index contributed by atoms with van der Waals surface area (Å²) < 4.78 is 9.44. The minimum Gasteiger partial charge on any atom is -0.465 e. The molecule has 5 nitrogen and oxygen atoms in total. The molecule has 0 radical (unpaired) electrons. The normalized spacial score (nSPS) is 16.1. The van der Waals surface area contributed by atoms with Gasteiger partial charge in [0.25, 0.3) is 0 Å². The van der Waals surface area contributed by atoms with Crippen LogP contribution in [0.2, 0.25) is 0 Å². The number of rotatable bonds is 4. The van der Waals surface area contributed by atoms with E-state index in [2.05, 4.69) is 6.08 Å². The first kappa shape index (κ1) is 18.5. The minimum atomic E-state index is -0.357. The molecule has 0 saturated heterocycles. The third kappa shape index (κ3) is 3.92. The van der Waals surface area contributed by atoms with E-state index >= 15 is 0 Å². The number of carbonyl (C=O) groups is 2. The lowest BCUT2D eigenvalue weighted by Crippen LogP contribution is -2.13. The molecule has 2 aromatic rings. The van der Waals surface area contributed by atoms with Crippen LogP contribution in [0.5, 0.6) is 0 Å². The molecule has 0 aliphatic heterocycles. The smallest absolute Gasteiger partial charge is 0.337 e. The first-order valence-corrected chi connectivity index (χ1v) is 8.57. The molecule has 1 aliphatic rings. The van der Waals surface area contributed by atoms with E-state index in [0.717, 1.165) is 28.8 Å².